The van der Waals surface area contributed by atoms with Gasteiger partial charge in [0.05, 0.1) is 14.2 Å². The molecule has 0 spiro atoms. The van der Waals surface area contributed by atoms with Crippen LogP contribution in [-0.2, 0) is 16.0 Å². The van der Waals surface area contributed by atoms with Gasteiger partial charge in [0.15, 0.2) is 0 Å². The largest absolute Gasteiger partial charge is 0.497 e. The Bertz CT molecular complexity index is 536. The minimum Gasteiger partial charge on any atom is -0.497 e. The van der Waals surface area contributed by atoms with Gasteiger partial charge < -0.3 is 20.1 Å². The SMILES string of the molecule is CNC(=O)C(CC(C)C)NC(=O)CCc1cc(OC)cc(OC)c1. The van der Waals surface area contributed by atoms with Gasteiger partial charge in [-0.15, -0.1) is 0 Å². The summed E-state index contributed by atoms with van der Waals surface area (Å²) in [7, 11) is 4.75. The first kappa shape index (κ1) is 19.8. The van der Waals surface area contributed by atoms with Crippen LogP contribution in [-0.4, -0.2) is 39.1 Å². The summed E-state index contributed by atoms with van der Waals surface area (Å²) in [6.45, 7) is 4.04. The lowest BCUT2D eigenvalue weighted by Gasteiger charge is -2.19. The van der Waals surface area contributed by atoms with Crippen LogP contribution in [0.3, 0.4) is 0 Å². The predicted octanol–water partition coefficient (Wildman–Crippen LogP) is 1.91. The Morgan fingerprint density at radius 3 is 2.12 bits per heavy atom. The molecule has 0 aliphatic heterocycles. The van der Waals surface area contributed by atoms with E-state index in [9.17, 15) is 9.59 Å². The molecule has 0 aromatic heterocycles. The van der Waals surface area contributed by atoms with Gasteiger partial charge >= 0.3 is 0 Å². The van der Waals surface area contributed by atoms with Crippen molar-refractivity contribution >= 4 is 11.8 Å². The second-order valence-electron chi connectivity index (χ2n) is 6.08. The Balaban J connectivity index is 2.65. The number of likely N-dealkylation sites (N-methyl/N-ethyl adjacent to an activating group) is 1. The first-order valence-electron chi connectivity index (χ1n) is 8.12. The first-order valence-corrected chi connectivity index (χ1v) is 8.12. The molecule has 134 valence electrons. The van der Waals surface area contributed by atoms with Gasteiger partial charge in [0.2, 0.25) is 11.8 Å². The molecule has 2 N–H and O–H groups in total. The number of carbonyl (C=O) groups excluding carboxylic acids is 2. The fourth-order valence-electron chi connectivity index (χ4n) is 2.41. The number of benzene rings is 1. The summed E-state index contributed by atoms with van der Waals surface area (Å²) in [5.41, 5.74) is 0.946. The summed E-state index contributed by atoms with van der Waals surface area (Å²) in [6, 6.07) is 5.04. The van der Waals surface area contributed by atoms with Crippen molar-refractivity contribution in [3.63, 3.8) is 0 Å². The minimum atomic E-state index is -0.498. The summed E-state index contributed by atoms with van der Waals surface area (Å²) < 4.78 is 10.4. The van der Waals surface area contributed by atoms with Crippen LogP contribution in [0.5, 0.6) is 11.5 Å². The van der Waals surface area contributed by atoms with E-state index in [1.165, 1.54) is 0 Å². The van der Waals surface area contributed by atoms with Crippen molar-refractivity contribution in [2.75, 3.05) is 21.3 Å². The number of aryl methyl sites for hydroxylation is 1. The van der Waals surface area contributed by atoms with Gasteiger partial charge in [0, 0.05) is 19.5 Å². The third kappa shape index (κ3) is 6.48. The lowest BCUT2D eigenvalue weighted by molar-refractivity contribution is -0.129. The number of hydrogen-bond donors (Lipinski definition) is 2. The Morgan fingerprint density at radius 2 is 1.67 bits per heavy atom. The van der Waals surface area contributed by atoms with Crippen LogP contribution >= 0.6 is 0 Å². The van der Waals surface area contributed by atoms with Crippen LogP contribution in [0.15, 0.2) is 18.2 Å². The number of amides is 2. The molecule has 1 atom stereocenters. The third-order valence-electron chi connectivity index (χ3n) is 3.66. The summed E-state index contributed by atoms with van der Waals surface area (Å²) >= 11 is 0. The highest BCUT2D eigenvalue weighted by molar-refractivity contribution is 5.87. The van der Waals surface area contributed by atoms with E-state index < -0.39 is 6.04 Å². The van der Waals surface area contributed by atoms with Crippen LogP contribution in [0.25, 0.3) is 0 Å². The molecule has 0 heterocycles. The molecule has 0 aliphatic carbocycles. The highest BCUT2D eigenvalue weighted by atomic mass is 16.5. The van der Waals surface area contributed by atoms with E-state index in [0.717, 1.165) is 5.56 Å². The second kappa shape index (κ2) is 9.80. The van der Waals surface area contributed by atoms with Crippen LogP contribution < -0.4 is 20.1 Å². The van der Waals surface area contributed by atoms with Gasteiger partial charge in [0.1, 0.15) is 17.5 Å². The molecule has 0 fully saturated rings. The van der Waals surface area contributed by atoms with Crippen molar-refractivity contribution in [1.29, 1.82) is 0 Å². The highest BCUT2D eigenvalue weighted by Gasteiger charge is 2.20. The quantitative estimate of drug-likeness (QED) is 0.722. The number of carbonyl (C=O) groups is 2. The molecule has 0 bridgehead atoms. The molecule has 1 rings (SSSR count). The van der Waals surface area contributed by atoms with E-state index in [1.54, 1.807) is 27.3 Å². The molecule has 0 radical (unpaired) electrons. The zero-order chi connectivity index (χ0) is 18.1. The molecule has 1 aromatic rings. The maximum Gasteiger partial charge on any atom is 0.242 e. The highest BCUT2D eigenvalue weighted by Crippen LogP contribution is 2.23. The van der Waals surface area contributed by atoms with Gasteiger partial charge in [-0.1, -0.05) is 13.8 Å². The van der Waals surface area contributed by atoms with Crippen LogP contribution in [0.1, 0.15) is 32.3 Å². The first-order chi connectivity index (χ1) is 11.4. The van der Waals surface area contributed by atoms with Gasteiger partial charge in [0.25, 0.3) is 0 Å². The van der Waals surface area contributed by atoms with E-state index >= 15 is 0 Å². The lowest BCUT2D eigenvalue weighted by atomic mass is 10.0. The van der Waals surface area contributed by atoms with E-state index in [-0.39, 0.29) is 11.8 Å². The van der Waals surface area contributed by atoms with Gasteiger partial charge in [-0.05, 0) is 36.5 Å². The molecule has 6 heteroatoms. The van der Waals surface area contributed by atoms with Crippen LogP contribution in [0, 0.1) is 5.92 Å². The average molecular weight is 336 g/mol. The molecule has 1 unspecified atom stereocenters. The third-order valence-corrected chi connectivity index (χ3v) is 3.66. The maximum absolute atomic E-state index is 12.2. The summed E-state index contributed by atoms with van der Waals surface area (Å²) in [5.74, 6) is 1.38. The number of nitrogens with one attached hydrogen (secondary N) is 2. The molecule has 1 aromatic carbocycles. The van der Waals surface area contributed by atoms with E-state index in [2.05, 4.69) is 10.6 Å². The Kier molecular flexibility index (Phi) is 8.09. The molecular formula is C18H28N2O4. The fraction of sp³-hybridized carbons (Fsp3) is 0.556. The monoisotopic (exact) mass is 336 g/mol. The molecule has 0 aliphatic rings. The predicted molar refractivity (Wildman–Crippen MR) is 93.3 cm³/mol. The number of ether oxygens (including phenoxy) is 2. The zero-order valence-electron chi connectivity index (χ0n) is 15.1. The van der Waals surface area contributed by atoms with Gasteiger partial charge in [-0.3, -0.25) is 9.59 Å². The Labute approximate surface area is 143 Å². The van der Waals surface area contributed by atoms with E-state index in [4.69, 9.17) is 9.47 Å². The second-order valence-corrected chi connectivity index (χ2v) is 6.08. The minimum absolute atomic E-state index is 0.147. The molecular weight excluding hydrogens is 308 g/mol. The summed E-state index contributed by atoms with van der Waals surface area (Å²) in [4.78, 5) is 24.0. The van der Waals surface area contributed by atoms with E-state index in [1.807, 2.05) is 26.0 Å². The van der Waals surface area contributed by atoms with Crippen molar-refractivity contribution in [2.24, 2.45) is 5.92 Å². The average Bonchev–Trinajstić information content (AvgIpc) is 2.57. The summed E-state index contributed by atoms with van der Waals surface area (Å²) in [5, 5.41) is 5.41. The standard InChI is InChI=1S/C18H28N2O4/c1-12(2)8-16(18(22)19-3)20-17(21)7-6-13-9-14(23-4)11-15(10-13)24-5/h9-12,16H,6-8H2,1-5H3,(H,19,22)(H,20,21). The normalized spacial score (nSPS) is 11.8. The molecule has 24 heavy (non-hydrogen) atoms. The maximum atomic E-state index is 12.2. The van der Waals surface area contributed by atoms with Crippen molar-refractivity contribution in [1.82, 2.24) is 10.6 Å². The van der Waals surface area contributed by atoms with Gasteiger partial charge in [-0.25, -0.2) is 0 Å². The molecule has 2 amide bonds. The fourth-order valence-corrected chi connectivity index (χ4v) is 2.41. The van der Waals surface area contributed by atoms with Crippen molar-refractivity contribution in [3.8, 4) is 11.5 Å². The van der Waals surface area contributed by atoms with Crippen LogP contribution in [0.4, 0.5) is 0 Å². The molecule has 6 nitrogen and oxygen atoms in total. The Hall–Kier alpha value is -2.24. The number of hydrogen-bond acceptors (Lipinski definition) is 4. The summed E-state index contributed by atoms with van der Waals surface area (Å²) in [6.07, 6.45) is 1.45. The lowest BCUT2D eigenvalue weighted by Crippen LogP contribution is -2.46. The van der Waals surface area contributed by atoms with Crippen molar-refractivity contribution < 1.29 is 19.1 Å². The van der Waals surface area contributed by atoms with Gasteiger partial charge in [-0.2, -0.15) is 0 Å². The number of methoxy groups -OCH3 is 2. The molecule has 0 saturated carbocycles. The molecule has 0 saturated heterocycles. The van der Waals surface area contributed by atoms with Crippen molar-refractivity contribution in [3.05, 3.63) is 23.8 Å². The zero-order valence-corrected chi connectivity index (χ0v) is 15.1. The van der Waals surface area contributed by atoms with Crippen LogP contribution in [0.2, 0.25) is 0 Å². The van der Waals surface area contributed by atoms with E-state index in [0.29, 0.717) is 36.7 Å². The Morgan fingerprint density at radius 1 is 1.08 bits per heavy atom. The van der Waals surface area contributed by atoms with Crippen molar-refractivity contribution in [2.45, 2.75) is 39.2 Å². The number of rotatable bonds is 9. The smallest absolute Gasteiger partial charge is 0.242 e. The topological polar surface area (TPSA) is 76.7 Å².